The molecule has 0 radical (unpaired) electrons. The summed E-state index contributed by atoms with van der Waals surface area (Å²) in [6.45, 7) is 6.09. The van der Waals surface area contributed by atoms with Crippen molar-refractivity contribution < 1.29 is 14.5 Å². The number of hydrogen-bond donors (Lipinski definition) is 2. The van der Waals surface area contributed by atoms with Crippen LogP contribution in [0.1, 0.15) is 21.5 Å². The Labute approximate surface area is 174 Å². The number of nitrogens with one attached hydrogen (secondary N) is 2. The highest BCUT2D eigenvalue weighted by molar-refractivity contribution is 7.80. The molecule has 9 heteroatoms. The number of nitro benzene ring substituents is 1. The average molecular weight is 414 g/mol. The molecule has 2 N–H and O–H groups in total. The van der Waals surface area contributed by atoms with Crippen molar-refractivity contribution in [2.24, 2.45) is 0 Å². The predicted molar refractivity (Wildman–Crippen MR) is 116 cm³/mol. The van der Waals surface area contributed by atoms with Gasteiger partial charge in [-0.2, -0.15) is 0 Å². The van der Waals surface area contributed by atoms with Gasteiger partial charge in [0.2, 0.25) is 0 Å². The molecule has 29 heavy (non-hydrogen) atoms. The molecule has 0 atom stereocenters. The van der Waals surface area contributed by atoms with E-state index in [0.29, 0.717) is 32.0 Å². The van der Waals surface area contributed by atoms with Crippen LogP contribution in [0.2, 0.25) is 0 Å². The summed E-state index contributed by atoms with van der Waals surface area (Å²) in [5.74, 6) is -0.511. The lowest BCUT2D eigenvalue weighted by molar-refractivity contribution is -0.384. The number of amides is 1. The van der Waals surface area contributed by atoms with E-state index in [4.69, 9.17) is 17.0 Å². The molecule has 1 aliphatic rings. The molecule has 0 unspecified atom stereocenters. The fourth-order valence-electron chi connectivity index (χ4n) is 3.27. The van der Waals surface area contributed by atoms with Gasteiger partial charge in [-0.1, -0.05) is 6.07 Å². The summed E-state index contributed by atoms with van der Waals surface area (Å²) in [4.78, 5) is 25.5. The number of nitro groups is 1. The molecule has 2 aromatic rings. The monoisotopic (exact) mass is 414 g/mol. The smallest absolute Gasteiger partial charge is 0.293 e. The highest BCUT2D eigenvalue weighted by atomic mass is 32.1. The second kappa shape index (κ2) is 8.97. The van der Waals surface area contributed by atoms with Gasteiger partial charge in [-0.3, -0.25) is 20.2 Å². The van der Waals surface area contributed by atoms with Gasteiger partial charge in [0.1, 0.15) is 5.69 Å². The number of carbonyl (C=O) groups excluding carboxylic acids is 1. The van der Waals surface area contributed by atoms with Gasteiger partial charge in [0, 0.05) is 30.4 Å². The molecule has 1 saturated heterocycles. The zero-order chi connectivity index (χ0) is 21.0. The molecule has 0 aromatic heterocycles. The third-order valence-electron chi connectivity index (χ3n) is 4.49. The first-order valence-corrected chi connectivity index (χ1v) is 9.56. The van der Waals surface area contributed by atoms with E-state index in [1.54, 1.807) is 12.1 Å². The SMILES string of the molecule is Cc1cc(C)cc(NC(=S)NC(=O)c2ccc(N3CCOCC3)c([N+](=O)[O-])c2)c1. The molecule has 8 nitrogen and oxygen atoms in total. The van der Waals surface area contributed by atoms with Gasteiger partial charge in [-0.15, -0.1) is 0 Å². The topological polar surface area (TPSA) is 96.7 Å². The number of benzene rings is 2. The predicted octanol–water partition coefficient (Wildman–Crippen LogP) is 3.18. The quantitative estimate of drug-likeness (QED) is 0.451. The Morgan fingerprint density at radius 3 is 2.41 bits per heavy atom. The molecule has 1 heterocycles. The van der Waals surface area contributed by atoms with Crippen LogP contribution in [0.15, 0.2) is 36.4 Å². The number of nitrogens with zero attached hydrogens (tertiary/aromatic N) is 2. The summed E-state index contributed by atoms with van der Waals surface area (Å²) in [7, 11) is 0. The fourth-order valence-corrected chi connectivity index (χ4v) is 3.48. The van der Waals surface area contributed by atoms with Gasteiger partial charge in [-0.25, -0.2) is 0 Å². The summed E-state index contributed by atoms with van der Waals surface area (Å²) in [5.41, 5.74) is 3.42. The van der Waals surface area contributed by atoms with E-state index in [9.17, 15) is 14.9 Å². The Kier molecular flexibility index (Phi) is 6.40. The first-order chi connectivity index (χ1) is 13.8. The van der Waals surface area contributed by atoms with E-state index in [0.717, 1.165) is 16.8 Å². The lowest BCUT2D eigenvalue weighted by atomic mass is 10.1. The van der Waals surface area contributed by atoms with E-state index < -0.39 is 10.8 Å². The Morgan fingerprint density at radius 1 is 1.14 bits per heavy atom. The molecule has 0 bridgehead atoms. The molecular formula is C20H22N4O4S. The van der Waals surface area contributed by atoms with E-state index >= 15 is 0 Å². The first kappa shape index (κ1) is 20.7. The first-order valence-electron chi connectivity index (χ1n) is 9.15. The van der Waals surface area contributed by atoms with Crippen LogP contribution in [0.3, 0.4) is 0 Å². The third kappa shape index (κ3) is 5.27. The van der Waals surface area contributed by atoms with Crippen molar-refractivity contribution in [1.29, 1.82) is 0 Å². The van der Waals surface area contributed by atoms with Gasteiger partial charge >= 0.3 is 0 Å². The van der Waals surface area contributed by atoms with Crippen molar-refractivity contribution in [3.05, 3.63) is 63.2 Å². The van der Waals surface area contributed by atoms with Crippen LogP contribution >= 0.6 is 12.2 Å². The van der Waals surface area contributed by atoms with Crippen molar-refractivity contribution in [2.75, 3.05) is 36.5 Å². The maximum atomic E-state index is 12.5. The van der Waals surface area contributed by atoms with Gasteiger partial charge in [0.05, 0.1) is 18.1 Å². The van der Waals surface area contributed by atoms with Crippen LogP contribution in [-0.2, 0) is 4.74 Å². The summed E-state index contributed by atoms with van der Waals surface area (Å²) in [5, 5.41) is 17.2. The van der Waals surface area contributed by atoms with Gasteiger partial charge in [0.25, 0.3) is 11.6 Å². The number of aryl methyl sites for hydroxylation is 2. The van der Waals surface area contributed by atoms with Gasteiger partial charge < -0.3 is 15.0 Å². The number of thiocarbonyl (C=S) groups is 1. The largest absolute Gasteiger partial charge is 0.378 e. The molecule has 0 spiro atoms. The third-order valence-corrected chi connectivity index (χ3v) is 4.70. The van der Waals surface area contributed by atoms with Crippen molar-refractivity contribution in [2.45, 2.75) is 13.8 Å². The Morgan fingerprint density at radius 2 is 1.79 bits per heavy atom. The van der Waals surface area contributed by atoms with Crippen molar-refractivity contribution >= 4 is 40.3 Å². The summed E-state index contributed by atoms with van der Waals surface area (Å²) in [6.07, 6.45) is 0. The number of hydrogen-bond acceptors (Lipinski definition) is 6. The van der Waals surface area contributed by atoms with E-state index in [-0.39, 0.29) is 16.4 Å². The van der Waals surface area contributed by atoms with E-state index in [2.05, 4.69) is 10.6 Å². The molecular weight excluding hydrogens is 392 g/mol. The van der Waals surface area contributed by atoms with Crippen LogP contribution in [0.4, 0.5) is 17.1 Å². The molecule has 1 aliphatic heterocycles. The minimum Gasteiger partial charge on any atom is -0.378 e. The summed E-state index contributed by atoms with van der Waals surface area (Å²) >= 11 is 5.21. The van der Waals surface area contributed by atoms with Crippen LogP contribution in [0.25, 0.3) is 0 Å². The number of morpholine rings is 1. The average Bonchev–Trinajstić information content (AvgIpc) is 2.67. The molecule has 0 aliphatic carbocycles. The number of carbonyl (C=O) groups is 1. The van der Waals surface area contributed by atoms with Crippen molar-refractivity contribution in [3.63, 3.8) is 0 Å². The molecule has 152 valence electrons. The van der Waals surface area contributed by atoms with Crippen LogP contribution in [-0.4, -0.2) is 42.2 Å². The highest BCUT2D eigenvalue weighted by Gasteiger charge is 2.23. The minimum absolute atomic E-state index is 0.118. The normalized spacial score (nSPS) is 13.7. The maximum absolute atomic E-state index is 12.5. The molecule has 3 rings (SSSR count). The maximum Gasteiger partial charge on any atom is 0.293 e. The Balaban J connectivity index is 1.73. The van der Waals surface area contributed by atoms with Crippen LogP contribution in [0, 0.1) is 24.0 Å². The lowest BCUT2D eigenvalue weighted by Crippen LogP contribution is -2.37. The van der Waals surface area contributed by atoms with E-state index in [1.165, 1.54) is 6.07 Å². The molecule has 2 aromatic carbocycles. The zero-order valence-corrected chi connectivity index (χ0v) is 17.0. The second-order valence-corrected chi connectivity index (χ2v) is 7.25. The number of anilines is 2. The molecule has 1 amide bonds. The summed E-state index contributed by atoms with van der Waals surface area (Å²) < 4.78 is 5.29. The van der Waals surface area contributed by atoms with E-state index in [1.807, 2.05) is 36.9 Å². The highest BCUT2D eigenvalue weighted by Crippen LogP contribution is 2.30. The second-order valence-electron chi connectivity index (χ2n) is 6.84. The summed E-state index contributed by atoms with van der Waals surface area (Å²) in [6, 6.07) is 10.3. The number of ether oxygens (including phenoxy) is 1. The minimum atomic E-state index is -0.511. The van der Waals surface area contributed by atoms with Crippen molar-refractivity contribution in [1.82, 2.24) is 5.32 Å². The zero-order valence-electron chi connectivity index (χ0n) is 16.2. The van der Waals surface area contributed by atoms with Gasteiger partial charge in [-0.05, 0) is 61.5 Å². The van der Waals surface area contributed by atoms with Gasteiger partial charge in [0.15, 0.2) is 5.11 Å². The molecule has 0 saturated carbocycles. The van der Waals surface area contributed by atoms with Crippen molar-refractivity contribution in [3.8, 4) is 0 Å². The number of rotatable bonds is 4. The Bertz CT molecular complexity index is 937. The molecule has 1 fully saturated rings. The van der Waals surface area contributed by atoms with Crippen LogP contribution < -0.4 is 15.5 Å². The lowest BCUT2D eigenvalue weighted by Gasteiger charge is -2.28. The Hall–Kier alpha value is -3.04. The fraction of sp³-hybridized carbons (Fsp3) is 0.300. The van der Waals surface area contributed by atoms with Crippen LogP contribution in [0.5, 0.6) is 0 Å². The standard InChI is InChI=1S/C20H22N4O4S/c1-13-9-14(2)11-16(10-13)21-20(29)22-19(25)15-3-4-17(18(12-15)24(26)27)23-5-7-28-8-6-23/h3-4,9-12H,5-8H2,1-2H3,(H2,21,22,25,29).